The highest BCUT2D eigenvalue weighted by Crippen LogP contribution is 1.97. The van der Waals surface area contributed by atoms with Crippen LogP contribution in [0.3, 0.4) is 0 Å². The Bertz CT molecular complexity index is 400. The van der Waals surface area contributed by atoms with Crippen LogP contribution in [0.15, 0.2) is 11.0 Å². The number of aromatic nitrogens is 2. The molecule has 0 aromatic carbocycles. The number of carbonyl (C=O) groups is 1. The van der Waals surface area contributed by atoms with Crippen LogP contribution in [0.5, 0.6) is 5.75 Å². The number of carboxylic acid groups (broad SMARTS) is 1. The number of nitrogens with two attached hydrogens (primary N) is 1. The molecule has 0 bridgehead atoms. The second-order valence-corrected chi connectivity index (χ2v) is 2.69. The third kappa shape index (κ3) is 2.30. The van der Waals surface area contributed by atoms with Crippen molar-refractivity contribution in [1.29, 1.82) is 0 Å². The van der Waals surface area contributed by atoms with Crippen LogP contribution in [0, 0.1) is 0 Å². The van der Waals surface area contributed by atoms with Crippen molar-refractivity contribution in [2.45, 2.75) is 12.5 Å². The van der Waals surface area contributed by atoms with Crippen molar-refractivity contribution < 1.29 is 15.0 Å². The summed E-state index contributed by atoms with van der Waals surface area (Å²) >= 11 is 0. The molecule has 0 fully saturated rings. The van der Waals surface area contributed by atoms with Crippen LogP contribution in [0.25, 0.3) is 0 Å². The fraction of sp³-hybridized carbons (Fsp3) is 0.286. The van der Waals surface area contributed by atoms with Crippen LogP contribution < -0.4 is 11.3 Å². The minimum Gasteiger partial charge on any atom is -0.502 e. The summed E-state index contributed by atoms with van der Waals surface area (Å²) in [6, 6.07) is -1.12. The minimum absolute atomic E-state index is 0.0924. The lowest BCUT2D eigenvalue weighted by Crippen LogP contribution is -2.33. The summed E-state index contributed by atoms with van der Waals surface area (Å²) < 4.78 is 0. The standard InChI is InChI=1S/C7H9N3O4/c8-3(7(13)14)1-5-9-2-4(11)6(12)10-5/h2-3,11H,1,8H2,(H,13,14)(H,9,10,12)/t3-/m0/s1. The van der Waals surface area contributed by atoms with Crippen LogP contribution in [-0.4, -0.2) is 32.2 Å². The number of H-pyrrole nitrogens is 1. The van der Waals surface area contributed by atoms with Crippen molar-refractivity contribution in [2.75, 3.05) is 0 Å². The lowest BCUT2D eigenvalue weighted by atomic mass is 10.2. The fourth-order valence-corrected chi connectivity index (χ4v) is 0.824. The normalized spacial score (nSPS) is 12.4. The van der Waals surface area contributed by atoms with E-state index in [0.717, 1.165) is 6.20 Å². The molecule has 0 aliphatic rings. The molecule has 1 heterocycles. The molecule has 1 aromatic rings. The van der Waals surface area contributed by atoms with Crippen LogP contribution in [-0.2, 0) is 11.2 Å². The molecule has 1 atom stereocenters. The smallest absolute Gasteiger partial charge is 0.320 e. The van der Waals surface area contributed by atoms with Crippen LogP contribution >= 0.6 is 0 Å². The highest BCUT2D eigenvalue weighted by atomic mass is 16.4. The molecule has 7 nitrogen and oxygen atoms in total. The summed E-state index contributed by atoms with van der Waals surface area (Å²) in [5, 5.41) is 17.3. The SMILES string of the molecule is N[C@@H](Cc1ncc(O)c(=O)[nH]1)C(=O)O. The van der Waals surface area contributed by atoms with Gasteiger partial charge in [0.25, 0.3) is 5.56 Å². The molecule has 1 aromatic heterocycles. The van der Waals surface area contributed by atoms with Gasteiger partial charge in [-0.15, -0.1) is 0 Å². The van der Waals surface area contributed by atoms with Crippen molar-refractivity contribution in [3.05, 3.63) is 22.4 Å². The number of hydrogen-bond acceptors (Lipinski definition) is 5. The van der Waals surface area contributed by atoms with E-state index in [-0.39, 0.29) is 12.2 Å². The monoisotopic (exact) mass is 199 g/mol. The number of nitrogens with one attached hydrogen (secondary N) is 1. The molecular formula is C7H9N3O4. The second-order valence-electron chi connectivity index (χ2n) is 2.69. The van der Waals surface area contributed by atoms with Gasteiger partial charge in [-0.25, -0.2) is 4.98 Å². The zero-order chi connectivity index (χ0) is 10.7. The number of carboxylic acids is 1. The molecule has 0 unspecified atom stereocenters. The molecule has 0 saturated carbocycles. The third-order valence-electron chi connectivity index (χ3n) is 1.56. The van der Waals surface area contributed by atoms with E-state index in [0.29, 0.717) is 0 Å². The van der Waals surface area contributed by atoms with Gasteiger partial charge in [-0.1, -0.05) is 0 Å². The van der Waals surface area contributed by atoms with Gasteiger partial charge in [-0.2, -0.15) is 0 Å². The Balaban J connectivity index is 2.83. The van der Waals surface area contributed by atoms with E-state index in [1.807, 2.05) is 0 Å². The van der Waals surface area contributed by atoms with Crippen molar-refractivity contribution in [3.63, 3.8) is 0 Å². The summed E-state index contributed by atoms with van der Waals surface area (Å²) in [4.78, 5) is 27.0. The van der Waals surface area contributed by atoms with Crippen molar-refractivity contribution in [3.8, 4) is 5.75 Å². The Labute approximate surface area is 78.2 Å². The Morgan fingerprint density at radius 2 is 2.36 bits per heavy atom. The molecule has 14 heavy (non-hydrogen) atoms. The molecule has 0 saturated heterocycles. The van der Waals surface area contributed by atoms with Crippen LogP contribution in [0.1, 0.15) is 5.82 Å². The largest absolute Gasteiger partial charge is 0.502 e. The maximum absolute atomic E-state index is 10.9. The Morgan fingerprint density at radius 1 is 1.71 bits per heavy atom. The lowest BCUT2D eigenvalue weighted by Gasteiger charge is -2.04. The van der Waals surface area contributed by atoms with Crippen LogP contribution in [0.4, 0.5) is 0 Å². The first kappa shape index (κ1) is 10.2. The summed E-state index contributed by atoms with van der Waals surface area (Å²) in [5.41, 5.74) is 4.50. The summed E-state index contributed by atoms with van der Waals surface area (Å²) in [5.74, 6) is -1.57. The van der Waals surface area contributed by atoms with E-state index in [2.05, 4.69) is 9.97 Å². The average Bonchev–Trinajstić information content (AvgIpc) is 2.11. The molecule has 0 aliphatic heterocycles. The molecule has 7 heteroatoms. The number of aliphatic carboxylic acids is 1. The highest BCUT2D eigenvalue weighted by molar-refractivity contribution is 5.73. The van der Waals surface area contributed by atoms with E-state index in [1.165, 1.54) is 0 Å². The lowest BCUT2D eigenvalue weighted by molar-refractivity contribution is -0.138. The first-order chi connectivity index (χ1) is 6.50. The van der Waals surface area contributed by atoms with Crippen molar-refractivity contribution in [1.82, 2.24) is 9.97 Å². The zero-order valence-electron chi connectivity index (χ0n) is 7.10. The minimum atomic E-state index is -1.18. The summed E-state index contributed by atoms with van der Waals surface area (Å²) in [6.45, 7) is 0. The van der Waals surface area contributed by atoms with Gasteiger partial charge in [0, 0.05) is 6.42 Å². The molecule has 76 valence electrons. The Kier molecular flexibility index (Phi) is 2.82. The first-order valence-corrected chi connectivity index (χ1v) is 3.76. The number of aromatic amines is 1. The van der Waals surface area contributed by atoms with Crippen molar-refractivity contribution >= 4 is 5.97 Å². The maximum Gasteiger partial charge on any atom is 0.320 e. The molecule has 0 aliphatic carbocycles. The second kappa shape index (κ2) is 3.88. The van der Waals surface area contributed by atoms with E-state index in [1.54, 1.807) is 0 Å². The molecule has 0 spiro atoms. The average molecular weight is 199 g/mol. The van der Waals surface area contributed by atoms with E-state index in [4.69, 9.17) is 15.9 Å². The fourth-order valence-electron chi connectivity index (χ4n) is 0.824. The van der Waals surface area contributed by atoms with Gasteiger partial charge in [-0.05, 0) is 0 Å². The molecule has 1 rings (SSSR count). The zero-order valence-corrected chi connectivity index (χ0v) is 7.10. The van der Waals surface area contributed by atoms with Gasteiger partial charge in [0.15, 0.2) is 5.75 Å². The van der Waals surface area contributed by atoms with Gasteiger partial charge in [0.05, 0.1) is 6.20 Å². The summed E-state index contributed by atoms with van der Waals surface area (Å²) in [7, 11) is 0. The third-order valence-corrected chi connectivity index (χ3v) is 1.56. The predicted molar refractivity (Wildman–Crippen MR) is 45.8 cm³/mol. The topological polar surface area (TPSA) is 129 Å². The quantitative estimate of drug-likeness (QED) is 0.465. The van der Waals surface area contributed by atoms with E-state index < -0.39 is 23.3 Å². The van der Waals surface area contributed by atoms with Gasteiger partial charge < -0.3 is 20.9 Å². The van der Waals surface area contributed by atoms with Crippen LogP contribution in [0.2, 0.25) is 0 Å². The summed E-state index contributed by atoms with van der Waals surface area (Å²) in [6.07, 6.45) is 0.855. The van der Waals surface area contributed by atoms with Gasteiger partial charge >= 0.3 is 5.97 Å². The van der Waals surface area contributed by atoms with Gasteiger partial charge in [0.1, 0.15) is 11.9 Å². The number of nitrogens with zero attached hydrogens (tertiary/aromatic N) is 1. The number of rotatable bonds is 3. The van der Waals surface area contributed by atoms with Crippen molar-refractivity contribution in [2.24, 2.45) is 5.73 Å². The highest BCUT2D eigenvalue weighted by Gasteiger charge is 2.13. The molecule has 0 amide bonds. The van der Waals surface area contributed by atoms with E-state index >= 15 is 0 Å². The molecule has 5 N–H and O–H groups in total. The first-order valence-electron chi connectivity index (χ1n) is 3.76. The predicted octanol–water partition coefficient (Wildman–Crippen LogP) is -1.57. The Morgan fingerprint density at radius 3 is 2.86 bits per heavy atom. The number of hydrogen-bond donors (Lipinski definition) is 4. The van der Waals surface area contributed by atoms with Gasteiger partial charge in [-0.3, -0.25) is 9.59 Å². The molecular weight excluding hydrogens is 190 g/mol. The molecule has 0 radical (unpaired) electrons. The van der Waals surface area contributed by atoms with Gasteiger partial charge in [0.2, 0.25) is 0 Å². The maximum atomic E-state index is 10.9. The van der Waals surface area contributed by atoms with E-state index in [9.17, 15) is 9.59 Å². The number of aromatic hydroxyl groups is 1. The Hall–Kier alpha value is -1.89.